The predicted octanol–water partition coefficient (Wildman–Crippen LogP) is 2.77. The number of pyridine rings is 1. The minimum Gasteiger partial charge on any atom is -0.324 e. The Morgan fingerprint density at radius 3 is 2.79 bits per heavy atom. The fourth-order valence-corrected chi connectivity index (χ4v) is 3.78. The molecule has 1 N–H and O–H groups in total. The van der Waals surface area contributed by atoms with Gasteiger partial charge in [-0.3, -0.25) is 19.5 Å². The molecular weight excluding hydrogens is 324 g/mol. The first-order valence-electron chi connectivity index (χ1n) is 7.93. The molecule has 0 spiro atoms. The fourth-order valence-electron chi connectivity index (χ4n) is 2.91. The average Bonchev–Trinajstić information content (AvgIpc) is 3.11. The number of carbonyl (C=O) groups excluding carboxylic acids is 2. The SMILES string of the molecule is Cc1cc(C)c(NC(=O)Cc2csc(N3CCCC3=O)n2)c(C)n1. The van der Waals surface area contributed by atoms with Crippen LogP contribution in [-0.4, -0.2) is 28.3 Å². The summed E-state index contributed by atoms with van der Waals surface area (Å²) >= 11 is 1.41. The summed E-state index contributed by atoms with van der Waals surface area (Å²) in [6.45, 7) is 6.49. The van der Waals surface area contributed by atoms with Gasteiger partial charge in [0.25, 0.3) is 0 Å². The van der Waals surface area contributed by atoms with E-state index in [1.165, 1.54) is 11.3 Å². The molecule has 1 saturated heterocycles. The quantitative estimate of drug-likeness (QED) is 0.925. The van der Waals surface area contributed by atoms with E-state index in [2.05, 4.69) is 15.3 Å². The van der Waals surface area contributed by atoms with E-state index in [4.69, 9.17) is 0 Å². The van der Waals surface area contributed by atoms with Crippen LogP contribution in [0.3, 0.4) is 0 Å². The second-order valence-corrected chi connectivity index (χ2v) is 6.87. The van der Waals surface area contributed by atoms with Crippen LogP contribution in [0.4, 0.5) is 10.8 Å². The third-order valence-corrected chi connectivity index (χ3v) is 4.89. The second kappa shape index (κ2) is 6.68. The van der Waals surface area contributed by atoms with E-state index in [9.17, 15) is 9.59 Å². The minimum atomic E-state index is -0.128. The van der Waals surface area contributed by atoms with E-state index in [0.717, 1.165) is 29.1 Å². The van der Waals surface area contributed by atoms with Gasteiger partial charge in [0, 0.05) is 24.0 Å². The zero-order valence-electron chi connectivity index (χ0n) is 14.0. The Balaban J connectivity index is 1.68. The maximum absolute atomic E-state index is 12.3. The largest absolute Gasteiger partial charge is 0.324 e. The first kappa shape index (κ1) is 16.6. The summed E-state index contributed by atoms with van der Waals surface area (Å²) in [5, 5.41) is 5.45. The molecule has 0 saturated carbocycles. The molecule has 1 fully saturated rings. The number of hydrogen-bond acceptors (Lipinski definition) is 5. The molecule has 1 aliphatic rings. The molecule has 0 bridgehead atoms. The van der Waals surface area contributed by atoms with Gasteiger partial charge in [0.2, 0.25) is 11.8 Å². The third-order valence-electron chi connectivity index (χ3n) is 3.98. The molecule has 0 radical (unpaired) electrons. The fraction of sp³-hybridized carbons (Fsp3) is 0.412. The normalized spacial score (nSPS) is 14.3. The summed E-state index contributed by atoms with van der Waals surface area (Å²) in [7, 11) is 0. The number of aromatic nitrogens is 2. The van der Waals surface area contributed by atoms with Crippen molar-refractivity contribution in [3.63, 3.8) is 0 Å². The predicted molar refractivity (Wildman–Crippen MR) is 94.5 cm³/mol. The van der Waals surface area contributed by atoms with Crippen molar-refractivity contribution >= 4 is 34.0 Å². The average molecular weight is 344 g/mol. The lowest BCUT2D eigenvalue weighted by Crippen LogP contribution is -2.23. The highest BCUT2D eigenvalue weighted by Gasteiger charge is 2.24. The van der Waals surface area contributed by atoms with E-state index in [-0.39, 0.29) is 18.2 Å². The lowest BCUT2D eigenvalue weighted by molar-refractivity contribution is -0.117. The smallest absolute Gasteiger partial charge is 0.230 e. The minimum absolute atomic E-state index is 0.109. The van der Waals surface area contributed by atoms with Crippen LogP contribution in [0.2, 0.25) is 0 Å². The van der Waals surface area contributed by atoms with Crippen molar-refractivity contribution in [1.82, 2.24) is 9.97 Å². The first-order valence-corrected chi connectivity index (χ1v) is 8.81. The lowest BCUT2D eigenvalue weighted by Gasteiger charge is -2.12. The van der Waals surface area contributed by atoms with Crippen LogP contribution in [0.5, 0.6) is 0 Å². The van der Waals surface area contributed by atoms with Gasteiger partial charge in [0.1, 0.15) is 0 Å². The Kier molecular flexibility index (Phi) is 4.62. The number of rotatable bonds is 4. The molecule has 2 aromatic rings. The lowest BCUT2D eigenvalue weighted by atomic mass is 10.1. The number of thiazole rings is 1. The van der Waals surface area contributed by atoms with Gasteiger partial charge in [-0.15, -0.1) is 11.3 Å². The van der Waals surface area contributed by atoms with Crippen molar-refractivity contribution in [1.29, 1.82) is 0 Å². The van der Waals surface area contributed by atoms with Crippen molar-refractivity contribution in [3.05, 3.63) is 34.1 Å². The van der Waals surface area contributed by atoms with Gasteiger partial charge in [-0.1, -0.05) is 0 Å². The van der Waals surface area contributed by atoms with Gasteiger partial charge in [-0.05, 0) is 38.8 Å². The van der Waals surface area contributed by atoms with Crippen LogP contribution >= 0.6 is 11.3 Å². The first-order chi connectivity index (χ1) is 11.4. The number of carbonyl (C=O) groups is 2. The van der Waals surface area contributed by atoms with Crippen molar-refractivity contribution in [2.45, 2.75) is 40.0 Å². The number of nitrogens with zero attached hydrogens (tertiary/aromatic N) is 3. The molecular formula is C17H20N4O2S. The highest BCUT2D eigenvalue weighted by atomic mass is 32.1. The van der Waals surface area contributed by atoms with E-state index < -0.39 is 0 Å². The molecule has 2 aromatic heterocycles. The molecule has 0 aromatic carbocycles. The standard InChI is InChI=1S/C17H20N4O2S/c1-10-7-11(2)18-12(3)16(10)20-14(22)8-13-9-24-17(19-13)21-6-4-5-15(21)23/h7,9H,4-6,8H2,1-3H3,(H,20,22). The molecule has 6 nitrogen and oxygen atoms in total. The Morgan fingerprint density at radius 1 is 1.33 bits per heavy atom. The van der Waals surface area contributed by atoms with Crippen LogP contribution in [0.25, 0.3) is 0 Å². The molecule has 1 aliphatic heterocycles. The van der Waals surface area contributed by atoms with E-state index in [0.29, 0.717) is 23.8 Å². The van der Waals surface area contributed by atoms with Crippen LogP contribution in [0, 0.1) is 20.8 Å². The Bertz CT molecular complexity index is 777. The molecule has 3 heterocycles. The third kappa shape index (κ3) is 3.46. The van der Waals surface area contributed by atoms with Gasteiger partial charge >= 0.3 is 0 Å². The summed E-state index contributed by atoms with van der Waals surface area (Å²) in [5.41, 5.74) is 4.18. The molecule has 0 atom stereocenters. The second-order valence-electron chi connectivity index (χ2n) is 6.04. The summed E-state index contributed by atoms with van der Waals surface area (Å²) < 4.78 is 0. The van der Waals surface area contributed by atoms with Crippen molar-refractivity contribution in [3.8, 4) is 0 Å². The zero-order valence-corrected chi connectivity index (χ0v) is 14.9. The van der Waals surface area contributed by atoms with Crippen LogP contribution in [0.15, 0.2) is 11.4 Å². The number of hydrogen-bond donors (Lipinski definition) is 1. The zero-order chi connectivity index (χ0) is 17.3. The number of amides is 2. The van der Waals surface area contributed by atoms with E-state index in [1.54, 1.807) is 4.90 Å². The molecule has 3 rings (SSSR count). The number of anilines is 2. The van der Waals surface area contributed by atoms with Crippen LogP contribution < -0.4 is 10.2 Å². The van der Waals surface area contributed by atoms with Gasteiger partial charge in [0.05, 0.1) is 23.5 Å². The number of aryl methyl sites for hydroxylation is 3. The monoisotopic (exact) mass is 344 g/mol. The highest BCUT2D eigenvalue weighted by Crippen LogP contribution is 2.26. The van der Waals surface area contributed by atoms with E-state index >= 15 is 0 Å². The molecule has 24 heavy (non-hydrogen) atoms. The van der Waals surface area contributed by atoms with Crippen molar-refractivity contribution in [2.24, 2.45) is 0 Å². The Hall–Kier alpha value is -2.28. The van der Waals surface area contributed by atoms with Crippen LogP contribution in [-0.2, 0) is 16.0 Å². The molecule has 0 unspecified atom stereocenters. The summed E-state index contributed by atoms with van der Waals surface area (Å²) in [6.07, 6.45) is 1.63. The van der Waals surface area contributed by atoms with Gasteiger partial charge in [-0.25, -0.2) is 4.98 Å². The molecule has 7 heteroatoms. The molecule has 0 aliphatic carbocycles. The Morgan fingerprint density at radius 2 is 2.12 bits per heavy atom. The summed E-state index contributed by atoms with van der Waals surface area (Å²) in [4.78, 5) is 34.6. The maximum Gasteiger partial charge on any atom is 0.230 e. The highest BCUT2D eigenvalue weighted by molar-refractivity contribution is 7.14. The summed E-state index contributed by atoms with van der Waals surface area (Å²) in [5.74, 6) is -0.0196. The topological polar surface area (TPSA) is 75.2 Å². The summed E-state index contributed by atoms with van der Waals surface area (Å²) in [6, 6.07) is 1.95. The van der Waals surface area contributed by atoms with Gasteiger partial charge < -0.3 is 5.32 Å². The van der Waals surface area contributed by atoms with Crippen LogP contribution in [0.1, 0.15) is 35.5 Å². The van der Waals surface area contributed by atoms with Gasteiger partial charge in [0.15, 0.2) is 5.13 Å². The molecule has 2 amide bonds. The van der Waals surface area contributed by atoms with Gasteiger partial charge in [-0.2, -0.15) is 0 Å². The maximum atomic E-state index is 12.3. The Labute approximate surface area is 144 Å². The number of nitrogens with one attached hydrogen (secondary N) is 1. The van der Waals surface area contributed by atoms with Crippen molar-refractivity contribution in [2.75, 3.05) is 16.8 Å². The van der Waals surface area contributed by atoms with E-state index in [1.807, 2.05) is 32.2 Å². The van der Waals surface area contributed by atoms with Crippen molar-refractivity contribution < 1.29 is 9.59 Å². The molecule has 126 valence electrons.